The molecule has 6 nitrogen and oxygen atoms in total. The third kappa shape index (κ3) is 4.30. The standard InChI is InChI=1S/C21H19FN4O2.ClH/c1-13(15-8-9-16(17(22)10-15)14-6-4-3-5-7-14)18-11-20(28-25-18)24-21-23-19(27)12-26(21)2;/h3-11,13H,12H2,1-2H3,(H,23,24,27);1H. The SMILES string of the molecule is CC(c1ccc(-c2ccccc2)c(F)c1)c1cc(/N=C2\NC(=O)CN2C)on1.Cl. The Labute approximate surface area is 173 Å². The zero-order valence-electron chi connectivity index (χ0n) is 15.9. The molecule has 0 bridgehead atoms. The van der Waals surface area contributed by atoms with Crippen molar-refractivity contribution in [2.75, 3.05) is 13.6 Å². The molecule has 1 aromatic heterocycles. The molecule has 0 saturated carbocycles. The molecule has 1 unspecified atom stereocenters. The van der Waals surface area contributed by atoms with Crippen molar-refractivity contribution >= 4 is 30.2 Å². The van der Waals surface area contributed by atoms with Crippen molar-refractivity contribution in [1.29, 1.82) is 0 Å². The average molecular weight is 415 g/mol. The lowest BCUT2D eigenvalue weighted by Crippen LogP contribution is -2.26. The summed E-state index contributed by atoms with van der Waals surface area (Å²) in [6.45, 7) is 2.18. The first-order valence-corrected chi connectivity index (χ1v) is 8.92. The van der Waals surface area contributed by atoms with Crippen LogP contribution in [0.2, 0.25) is 0 Å². The fourth-order valence-electron chi connectivity index (χ4n) is 3.13. The highest BCUT2D eigenvalue weighted by Crippen LogP contribution is 2.30. The zero-order chi connectivity index (χ0) is 19.7. The Morgan fingerprint density at radius 3 is 2.62 bits per heavy atom. The van der Waals surface area contributed by atoms with Crippen LogP contribution in [0, 0.1) is 5.82 Å². The number of benzene rings is 2. The van der Waals surface area contributed by atoms with E-state index in [-0.39, 0.29) is 42.5 Å². The molecule has 0 aliphatic carbocycles. The van der Waals surface area contributed by atoms with Gasteiger partial charge in [0.05, 0.1) is 12.2 Å². The summed E-state index contributed by atoms with van der Waals surface area (Å²) in [5.74, 6) is 0.122. The van der Waals surface area contributed by atoms with E-state index in [1.54, 1.807) is 24.1 Å². The highest BCUT2D eigenvalue weighted by atomic mass is 35.5. The second kappa shape index (κ2) is 8.45. The van der Waals surface area contributed by atoms with E-state index >= 15 is 0 Å². The van der Waals surface area contributed by atoms with Crippen molar-refractivity contribution in [2.45, 2.75) is 12.8 Å². The van der Waals surface area contributed by atoms with Crippen LogP contribution in [0.3, 0.4) is 0 Å². The zero-order valence-corrected chi connectivity index (χ0v) is 16.7. The molecule has 0 spiro atoms. The fraction of sp³-hybridized carbons (Fsp3) is 0.190. The molecule has 150 valence electrons. The lowest BCUT2D eigenvalue weighted by Gasteiger charge is -2.11. The molecule has 1 atom stereocenters. The largest absolute Gasteiger partial charge is 0.336 e. The first-order valence-electron chi connectivity index (χ1n) is 8.92. The van der Waals surface area contributed by atoms with Crippen LogP contribution in [0.25, 0.3) is 11.1 Å². The van der Waals surface area contributed by atoms with Crippen LogP contribution in [-0.4, -0.2) is 35.5 Å². The predicted molar refractivity (Wildman–Crippen MR) is 111 cm³/mol. The fourth-order valence-corrected chi connectivity index (χ4v) is 3.13. The summed E-state index contributed by atoms with van der Waals surface area (Å²) in [7, 11) is 1.76. The Morgan fingerprint density at radius 1 is 1.21 bits per heavy atom. The van der Waals surface area contributed by atoms with Crippen molar-refractivity contribution in [1.82, 2.24) is 15.4 Å². The van der Waals surface area contributed by atoms with Gasteiger partial charge in [0.15, 0.2) is 0 Å². The minimum Gasteiger partial charge on any atom is -0.336 e. The second-order valence-corrected chi connectivity index (χ2v) is 6.76. The lowest BCUT2D eigenvalue weighted by molar-refractivity contribution is -0.118. The van der Waals surface area contributed by atoms with Crippen LogP contribution >= 0.6 is 12.4 Å². The van der Waals surface area contributed by atoms with Gasteiger partial charge in [0, 0.05) is 24.6 Å². The molecule has 1 amide bonds. The minimum absolute atomic E-state index is 0. The van der Waals surface area contributed by atoms with Crippen LogP contribution in [0.5, 0.6) is 0 Å². The monoisotopic (exact) mass is 414 g/mol. The third-order valence-electron chi connectivity index (χ3n) is 4.75. The molecule has 4 rings (SSSR count). The Morgan fingerprint density at radius 2 is 1.97 bits per heavy atom. The molecule has 1 fully saturated rings. The van der Waals surface area contributed by atoms with Crippen LogP contribution < -0.4 is 5.32 Å². The van der Waals surface area contributed by atoms with Gasteiger partial charge in [-0.05, 0) is 17.2 Å². The molecule has 3 aromatic rings. The van der Waals surface area contributed by atoms with Gasteiger partial charge in [-0.15, -0.1) is 12.4 Å². The van der Waals surface area contributed by atoms with E-state index in [1.807, 2.05) is 43.3 Å². The number of likely N-dealkylation sites (N-methyl/N-ethyl adjacent to an activating group) is 1. The number of carbonyl (C=O) groups excluding carboxylic acids is 1. The third-order valence-corrected chi connectivity index (χ3v) is 4.75. The smallest absolute Gasteiger partial charge is 0.253 e. The Kier molecular flexibility index (Phi) is 5.98. The van der Waals surface area contributed by atoms with E-state index in [4.69, 9.17) is 4.52 Å². The van der Waals surface area contributed by atoms with Crippen LogP contribution in [0.1, 0.15) is 24.1 Å². The van der Waals surface area contributed by atoms with E-state index in [0.717, 1.165) is 11.1 Å². The molecule has 29 heavy (non-hydrogen) atoms. The number of amides is 1. The van der Waals surface area contributed by atoms with Crippen molar-refractivity contribution in [2.24, 2.45) is 4.99 Å². The van der Waals surface area contributed by atoms with Gasteiger partial charge in [-0.2, -0.15) is 4.99 Å². The summed E-state index contributed by atoms with van der Waals surface area (Å²) in [6.07, 6.45) is 0. The van der Waals surface area contributed by atoms with Gasteiger partial charge in [0.1, 0.15) is 5.82 Å². The van der Waals surface area contributed by atoms with Crippen LogP contribution in [0.4, 0.5) is 10.3 Å². The Hall–Kier alpha value is -3.19. The molecule has 1 aliphatic rings. The van der Waals surface area contributed by atoms with E-state index in [1.165, 1.54) is 6.07 Å². The average Bonchev–Trinajstić information content (AvgIpc) is 3.28. The summed E-state index contributed by atoms with van der Waals surface area (Å²) in [6, 6.07) is 16.3. The maximum Gasteiger partial charge on any atom is 0.253 e. The summed E-state index contributed by atoms with van der Waals surface area (Å²) >= 11 is 0. The summed E-state index contributed by atoms with van der Waals surface area (Å²) in [4.78, 5) is 17.4. The van der Waals surface area contributed by atoms with Crippen molar-refractivity contribution < 1.29 is 13.7 Å². The van der Waals surface area contributed by atoms with E-state index in [0.29, 0.717) is 17.2 Å². The van der Waals surface area contributed by atoms with E-state index < -0.39 is 0 Å². The maximum atomic E-state index is 14.7. The van der Waals surface area contributed by atoms with Gasteiger partial charge in [-0.25, -0.2) is 4.39 Å². The number of hydrogen-bond donors (Lipinski definition) is 1. The van der Waals surface area contributed by atoms with Gasteiger partial charge < -0.3 is 9.42 Å². The maximum absolute atomic E-state index is 14.7. The molecular weight excluding hydrogens is 395 g/mol. The first-order chi connectivity index (χ1) is 13.5. The molecule has 2 aromatic carbocycles. The number of rotatable bonds is 4. The number of nitrogens with zero attached hydrogens (tertiary/aromatic N) is 3. The number of hydrogen-bond acceptors (Lipinski definition) is 4. The molecule has 1 saturated heterocycles. The van der Waals surface area contributed by atoms with Crippen molar-refractivity contribution in [3.8, 4) is 11.1 Å². The molecule has 0 radical (unpaired) electrons. The van der Waals surface area contributed by atoms with Gasteiger partial charge in [-0.3, -0.25) is 10.1 Å². The summed E-state index contributed by atoms with van der Waals surface area (Å²) in [5, 5.41) is 6.70. The summed E-state index contributed by atoms with van der Waals surface area (Å²) < 4.78 is 19.9. The molecule has 8 heteroatoms. The number of nitrogens with one attached hydrogen (secondary N) is 1. The predicted octanol–water partition coefficient (Wildman–Crippen LogP) is 4.10. The number of aliphatic imine (C=N–C) groups is 1. The molecular formula is C21H20ClFN4O2. The summed E-state index contributed by atoms with van der Waals surface area (Å²) in [5.41, 5.74) is 2.82. The highest BCUT2D eigenvalue weighted by Gasteiger charge is 2.22. The quantitative estimate of drug-likeness (QED) is 0.697. The van der Waals surface area contributed by atoms with Gasteiger partial charge >= 0.3 is 0 Å². The van der Waals surface area contributed by atoms with Gasteiger partial charge in [0.25, 0.3) is 5.88 Å². The Balaban J connectivity index is 0.00000240. The topological polar surface area (TPSA) is 70.7 Å². The van der Waals surface area contributed by atoms with Crippen LogP contribution in [-0.2, 0) is 4.79 Å². The van der Waals surface area contributed by atoms with E-state index in [2.05, 4.69) is 15.5 Å². The minimum atomic E-state index is -0.283. The van der Waals surface area contributed by atoms with Crippen molar-refractivity contribution in [3.05, 3.63) is 71.7 Å². The number of carbonyl (C=O) groups is 1. The molecule has 2 heterocycles. The normalized spacial score (nSPS) is 15.9. The van der Waals surface area contributed by atoms with E-state index in [9.17, 15) is 9.18 Å². The number of aromatic nitrogens is 1. The highest BCUT2D eigenvalue weighted by molar-refractivity contribution is 6.04. The lowest BCUT2D eigenvalue weighted by atomic mass is 9.95. The first kappa shape index (κ1) is 20.5. The van der Waals surface area contributed by atoms with Gasteiger partial charge in [0.2, 0.25) is 11.9 Å². The Bertz CT molecular complexity index is 1050. The van der Waals surface area contributed by atoms with Crippen molar-refractivity contribution in [3.63, 3.8) is 0 Å². The molecule has 1 N–H and O–H groups in total. The van der Waals surface area contributed by atoms with Crippen LogP contribution in [0.15, 0.2) is 64.1 Å². The molecule has 1 aliphatic heterocycles. The number of guanidine groups is 1. The second-order valence-electron chi connectivity index (χ2n) is 6.76. The number of halogens is 2. The van der Waals surface area contributed by atoms with Gasteiger partial charge in [-0.1, -0.05) is 54.5 Å².